The van der Waals surface area contributed by atoms with Crippen LogP contribution in [0.5, 0.6) is 0 Å². The molecule has 1 aliphatic carbocycles. The third kappa shape index (κ3) is 3.33. The van der Waals surface area contributed by atoms with Crippen molar-refractivity contribution >= 4 is 34.2 Å². The molecule has 3 heteroatoms. The van der Waals surface area contributed by atoms with Crippen molar-refractivity contribution in [3.05, 3.63) is 40.0 Å². The molecule has 16 heavy (non-hydrogen) atoms. The maximum absolute atomic E-state index is 11.7. The van der Waals surface area contributed by atoms with Gasteiger partial charge in [-0.2, -0.15) is 0 Å². The highest BCUT2D eigenvalue weighted by Crippen LogP contribution is 2.21. The minimum absolute atomic E-state index is 0.110. The number of amides is 1. The van der Waals surface area contributed by atoms with E-state index in [1.165, 1.54) is 0 Å². The first-order valence-corrected chi connectivity index (χ1v) is 6.54. The van der Waals surface area contributed by atoms with E-state index >= 15 is 0 Å². The number of nitrogens with one attached hydrogen (secondary N) is 1. The molecule has 0 bridgehead atoms. The third-order valence-electron chi connectivity index (χ3n) is 2.67. The molecule has 0 radical (unpaired) electrons. The van der Waals surface area contributed by atoms with Crippen LogP contribution in [0.3, 0.4) is 0 Å². The number of carbonyl (C=O) groups is 1. The molecule has 1 amide bonds. The molecule has 0 fully saturated rings. The molecule has 0 heterocycles. The molecule has 2 nitrogen and oxygen atoms in total. The van der Waals surface area contributed by atoms with Crippen molar-refractivity contribution in [3.63, 3.8) is 0 Å². The molecule has 0 spiro atoms. The van der Waals surface area contributed by atoms with E-state index < -0.39 is 0 Å². The molecule has 0 saturated carbocycles. The van der Waals surface area contributed by atoms with Gasteiger partial charge in [0.2, 0.25) is 5.91 Å². The SMILES string of the molecule is O=C(C[C@H]1C=CCC1)Nc1cccc(I)c1. The van der Waals surface area contributed by atoms with Gasteiger partial charge in [0.1, 0.15) is 0 Å². The molecule has 1 aromatic carbocycles. The Balaban J connectivity index is 1.89. The fourth-order valence-electron chi connectivity index (χ4n) is 1.88. The summed E-state index contributed by atoms with van der Waals surface area (Å²) in [6.45, 7) is 0. The number of anilines is 1. The van der Waals surface area contributed by atoms with E-state index in [4.69, 9.17) is 0 Å². The van der Waals surface area contributed by atoms with Gasteiger partial charge in [-0.3, -0.25) is 4.79 Å². The lowest BCUT2D eigenvalue weighted by atomic mass is 10.1. The molecular formula is C13H14INO. The van der Waals surface area contributed by atoms with Crippen molar-refractivity contribution in [1.82, 2.24) is 0 Å². The Hall–Kier alpha value is -0.840. The third-order valence-corrected chi connectivity index (χ3v) is 3.34. The molecule has 1 aromatic rings. The second-order valence-corrected chi connectivity index (χ2v) is 5.27. The fourth-order valence-corrected chi connectivity index (χ4v) is 2.42. The van der Waals surface area contributed by atoms with Gasteiger partial charge in [0.05, 0.1) is 0 Å². The maximum Gasteiger partial charge on any atom is 0.224 e. The average Bonchev–Trinajstić information content (AvgIpc) is 2.70. The summed E-state index contributed by atoms with van der Waals surface area (Å²) < 4.78 is 1.14. The van der Waals surface area contributed by atoms with Gasteiger partial charge in [-0.1, -0.05) is 18.2 Å². The van der Waals surface area contributed by atoms with E-state index in [2.05, 4.69) is 40.1 Å². The van der Waals surface area contributed by atoms with Crippen LogP contribution in [-0.4, -0.2) is 5.91 Å². The lowest BCUT2D eigenvalue weighted by Crippen LogP contribution is -2.14. The summed E-state index contributed by atoms with van der Waals surface area (Å²) in [5, 5.41) is 2.93. The first-order valence-electron chi connectivity index (χ1n) is 5.46. The van der Waals surface area contributed by atoms with Crippen LogP contribution in [0.1, 0.15) is 19.3 Å². The Morgan fingerprint density at radius 2 is 2.38 bits per heavy atom. The molecular weight excluding hydrogens is 313 g/mol. The van der Waals surface area contributed by atoms with Gasteiger partial charge in [-0.25, -0.2) is 0 Å². The minimum atomic E-state index is 0.110. The number of halogens is 1. The molecule has 2 rings (SSSR count). The summed E-state index contributed by atoms with van der Waals surface area (Å²) in [7, 11) is 0. The lowest BCUT2D eigenvalue weighted by Gasteiger charge is -2.08. The monoisotopic (exact) mass is 327 g/mol. The standard InChI is InChI=1S/C13H14INO/c14-11-6-3-7-12(9-11)15-13(16)8-10-4-1-2-5-10/h1,3-4,6-7,9-10H,2,5,8H2,(H,15,16)/t10-/m0/s1. The molecule has 0 saturated heterocycles. The van der Waals surface area contributed by atoms with Crippen LogP contribution in [0.25, 0.3) is 0 Å². The molecule has 1 aliphatic rings. The second-order valence-electron chi connectivity index (χ2n) is 4.03. The van der Waals surface area contributed by atoms with E-state index in [9.17, 15) is 4.79 Å². The topological polar surface area (TPSA) is 29.1 Å². The first kappa shape index (κ1) is 11.6. The summed E-state index contributed by atoms with van der Waals surface area (Å²) in [6, 6.07) is 7.86. The van der Waals surface area contributed by atoms with Crippen molar-refractivity contribution in [3.8, 4) is 0 Å². The van der Waals surface area contributed by atoms with Gasteiger partial charge >= 0.3 is 0 Å². The molecule has 1 atom stereocenters. The van der Waals surface area contributed by atoms with Crippen molar-refractivity contribution in [2.75, 3.05) is 5.32 Å². The summed E-state index contributed by atoms with van der Waals surface area (Å²) >= 11 is 2.24. The smallest absolute Gasteiger partial charge is 0.224 e. The highest BCUT2D eigenvalue weighted by molar-refractivity contribution is 14.1. The van der Waals surface area contributed by atoms with Gasteiger partial charge in [0.15, 0.2) is 0 Å². The largest absolute Gasteiger partial charge is 0.326 e. The van der Waals surface area contributed by atoms with Gasteiger partial charge in [-0.05, 0) is 59.5 Å². The van der Waals surface area contributed by atoms with Gasteiger partial charge in [0, 0.05) is 15.7 Å². The van der Waals surface area contributed by atoms with E-state index in [0.29, 0.717) is 12.3 Å². The summed E-state index contributed by atoms with van der Waals surface area (Å²) in [4.78, 5) is 11.7. The normalized spacial score (nSPS) is 18.7. The predicted molar refractivity (Wildman–Crippen MR) is 74.3 cm³/mol. The summed E-state index contributed by atoms with van der Waals surface area (Å²) in [5.74, 6) is 0.543. The zero-order chi connectivity index (χ0) is 11.4. The minimum Gasteiger partial charge on any atom is -0.326 e. The Kier molecular flexibility index (Phi) is 3.98. The summed E-state index contributed by atoms with van der Waals surface area (Å²) in [5.41, 5.74) is 0.888. The quantitative estimate of drug-likeness (QED) is 0.667. The number of hydrogen-bond acceptors (Lipinski definition) is 1. The molecule has 0 unspecified atom stereocenters. The number of carbonyl (C=O) groups excluding carboxylic acids is 1. The molecule has 0 aliphatic heterocycles. The van der Waals surface area contributed by atoms with E-state index in [0.717, 1.165) is 22.1 Å². The van der Waals surface area contributed by atoms with Crippen LogP contribution in [0.4, 0.5) is 5.69 Å². The Bertz CT molecular complexity index is 414. The van der Waals surface area contributed by atoms with Crippen LogP contribution in [0.2, 0.25) is 0 Å². The maximum atomic E-state index is 11.7. The first-order chi connectivity index (χ1) is 7.74. The van der Waals surface area contributed by atoms with Crippen LogP contribution < -0.4 is 5.32 Å². The Morgan fingerprint density at radius 1 is 1.50 bits per heavy atom. The van der Waals surface area contributed by atoms with Crippen LogP contribution in [-0.2, 0) is 4.79 Å². The van der Waals surface area contributed by atoms with Crippen LogP contribution in [0.15, 0.2) is 36.4 Å². The van der Waals surface area contributed by atoms with E-state index in [1.54, 1.807) is 0 Å². The number of hydrogen-bond donors (Lipinski definition) is 1. The van der Waals surface area contributed by atoms with E-state index in [-0.39, 0.29) is 5.91 Å². The number of benzene rings is 1. The zero-order valence-electron chi connectivity index (χ0n) is 8.95. The van der Waals surface area contributed by atoms with E-state index in [1.807, 2.05) is 24.3 Å². The van der Waals surface area contributed by atoms with Crippen LogP contribution in [0, 0.1) is 9.49 Å². The van der Waals surface area contributed by atoms with Crippen molar-refractivity contribution in [1.29, 1.82) is 0 Å². The van der Waals surface area contributed by atoms with Crippen LogP contribution >= 0.6 is 22.6 Å². The fraction of sp³-hybridized carbons (Fsp3) is 0.308. The van der Waals surface area contributed by atoms with Gasteiger partial charge in [-0.15, -0.1) is 0 Å². The molecule has 84 valence electrons. The number of rotatable bonds is 3. The van der Waals surface area contributed by atoms with Gasteiger partial charge < -0.3 is 5.32 Å². The average molecular weight is 327 g/mol. The van der Waals surface area contributed by atoms with Gasteiger partial charge in [0.25, 0.3) is 0 Å². The summed E-state index contributed by atoms with van der Waals surface area (Å²) in [6.07, 6.45) is 7.13. The zero-order valence-corrected chi connectivity index (χ0v) is 11.1. The number of allylic oxidation sites excluding steroid dienone is 2. The Labute approximate surface area is 109 Å². The Morgan fingerprint density at radius 3 is 3.06 bits per heavy atom. The van der Waals surface area contributed by atoms with Crippen molar-refractivity contribution in [2.24, 2.45) is 5.92 Å². The van der Waals surface area contributed by atoms with Crippen molar-refractivity contribution in [2.45, 2.75) is 19.3 Å². The molecule has 0 aromatic heterocycles. The molecule has 1 N–H and O–H groups in total. The second kappa shape index (κ2) is 5.48. The van der Waals surface area contributed by atoms with Crippen molar-refractivity contribution < 1.29 is 4.79 Å². The highest BCUT2D eigenvalue weighted by Gasteiger charge is 2.13. The highest BCUT2D eigenvalue weighted by atomic mass is 127. The predicted octanol–water partition coefficient (Wildman–Crippen LogP) is 3.59. The lowest BCUT2D eigenvalue weighted by molar-refractivity contribution is -0.116.